The van der Waals surface area contributed by atoms with Crippen LogP contribution in [0.15, 0.2) is 21.9 Å². The van der Waals surface area contributed by atoms with Gasteiger partial charge in [-0.05, 0) is 11.4 Å². The molecule has 0 saturated carbocycles. The first kappa shape index (κ1) is 12.7. The highest BCUT2D eigenvalue weighted by molar-refractivity contribution is 7.13. The van der Waals surface area contributed by atoms with Crippen molar-refractivity contribution in [1.82, 2.24) is 15.1 Å². The minimum atomic E-state index is 0.105. The van der Waals surface area contributed by atoms with E-state index in [9.17, 15) is 0 Å². The second-order valence-electron chi connectivity index (χ2n) is 4.44. The lowest BCUT2D eigenvalue weighted by atomic mass is 10.3. The molecule has 1 aliphatic rings. The summed E-state index contributed by atoms with van der Waals surface area (Å²) in [6.45, 7) is 3.58. The molecule has 6 nitrogen and oxygen atoms in total. The molecule has 3 rings (SSSR count). The summed E-state index contributed by atoms with van der Waals surface area (Å²) >= 11 is 1.59. The summed E-state index contributed by atoms with van der Waals surface area (Å²) in [5, 5.41) is 10.2. The van der Waals surface area contributed by atoms with Crippen molar-refractivity contribution in [2.45, 2.75) is 12.6 Å². The Morgan fingerprint density at radius 2 is 2.42 bits per heavy atom. The van der Waals surface area contributed by atoms with E-state index < -0.39 is 0 Å². The van der Waals surface area contributed by atoms with Crippen LogP contribution in [0.25, 0.3) is 10.8 Å². The van der Waals surface area contributed by atoms with Gasteiger partial charge in [-0.3, -0.25) is 4.90 Å². The topological polar surface area (TPSA) is 77.4 Å². The third-order valence-electron chi connectivity index (χ3n) is 3.04. The summed E-state index contributed by atoms with van der Waals surface area (Å²) in [6.07, 6.45) is 0.105. The van der Waals surface area contributed by atoms with E-state index in [4.69, 9.17) is 14.9 Å². The summed E-state index contributed by atoms with van der Waals surface area (Å²) in [4.78, 5) is 3.23. The van der Waals surface area contributed by atoms with E-state index in [1.54, 1.807) is 11.3 Å². The monoisotopic (exact) mass is 280 g/mol. The number of rotatable bonds is 4. The fourth-order valence-electron chi connectivity index (χ4n) is 2.08. The van der Waals surface area contributed by atoms with Crippen LogP contribution in [0.4, 0.5) is 0 Å². The fourth-order valence-corrected chi connectivity index (χ4v) is 2.72. The maximum Gasteiger partial charge on any atom is 0.257 e. The summed E-state index contributed by atoms with van der Waals surface area (Å²) < 4.78 is 11.2. The molecule has 3 heterocycles. The highest BCUT2D eigenvalue weighted by Crippen LogP contribution is 2.23. The van der Waals surface area contributed by atoms with Crippen LogP contribution < -0.4 is 5.73 Å². The van der Waals surface area contributed by atoms with Crippen molar-refractivity contribution < 1.29 is 9.15 Å². The summed E-state index contributed by atoms with van der Waals surface area (Å²) in [6, 6.07) is 3.94. The van der Waals surface area contributed by atoms with Gasteiger partial charge in [0.2, 0.25) is 5.89 Å². The third kappa shape index (κ3) is 3.01. The molecule has 2 aromatic heterocycles. The molecular formula is C12H16N4O2S. The van der Waals surface area contributed by atoms with E-state index in [-0.39, 0.29) is 6.10 Å². The molecule has 1 aliphatic heterocycles. The molecule has 0 radical (unpaired) electrons. The third-order valence-corrected chi connectivity index (χ3v) is 3.90. The van der Waals surface area contributed by atoms with Crippen molar-refractivity contribution in [3.05, 3.63) is 23.4 Å². The summed E-state index contributed by atoms with van der Waals surface area (Å²) in [5.41, 5.74) is 5.63. The van der Waals surface area contributed by atoms with Crippen molar-refractivity contribution in [3.8, 4) is 10.8 Å². The molecule has 19 heavy (non-hydrogen) atoms. The number of nitrogens with two attached hydrogens (primary N) is 1. The molecule has 2 aromatic rings. The van der Waals surface area contributed by atoms with Gasteiger partial charge in [0.15, 0.2) is 0 Å². The van der Waals surface area contributed by atoms with Crippen LogP contribution in [0.5, 0.6) is 0 Å². The van der Waals surface area contributed by atoms with Gasteiger partial charge in [-0.15, -0.1) is 21.5 Å². The Bertz CT molecular complexity index is 514. The number of morpholine rings is 1. The van der Waals surface area contributed by atoms with Gasteiger partial charge in [-0.2, -0.15) is 0 Å². The smallest absolute Gasteiger partial charge is 0.257 e. The van der Waals surface area contributed by atoms with E-state index in [0.29, 0.717) is 31.5 Å². The number of aromatic nitrogens is 2. The number of hydrogen-bond donors (Lipinski definition) is 1. The van der Waals surface area contributed by atoms with Gasteiger partial charge in [0.05, 0.1) is 24.1 Å². The standard InChI is InChI=1S/C12H16N4O2S/c13-6-9-7-16(3-4-17-9)8-11-14-15-12(18-11)10-2-1-5-19-10/h1-2,5,9H,3-4,6-8,13H2. The van der Waals surface area contributed by atoms with Gasteiger partial charge in [-0.25, -0.2) is 0 Å². The molecule has 0 spiro atoms. The van der Waals surface area contributed by atoms with Gasteiger partial charge >= 0.3 is 0 Å². The molecule has 1 fully saturated rings. The molecule has 2 N–H and O–H groups in total. The van der Waals surface area contributed by atoms with Gasteiger partial charge in [-0.1, -0.05) is 6.07 Å². The van der Waals surface area contributed by atoms with E-state index in [1.807, 2.05) is 17.5 Å². The summed E-state index contributed by atoms with van der Waals surface area (Å²) in [5.74, 6) is 1.23. The molecule has 1 saturated heterocycles. The molecule has 7 heteroatoms. The van der Waals surface area contributed by atoms with Crippen LogP contribution >= 0.6 is 11.3 Å². The Labute approximate surface area is 115 Å². The molecular weight excluding hydrogens is 264 g/mol. The number of hydrogen-bond acceptors (Lipinski definition) is 7. The molecule has 0 aromatic carbocycles. The Morgan fingerprint density at radius 3 is 3.21 bits per heavy atom. The fraction of sp³-hybridized carbons (Fsp3) is 0.500. The molecule has 1 unspecified atom stereocenters. The van der Waals surface area contributed by atoms with Crippen molar-refractivity contribution >= 4 is 11.3 Å². The van der Waals surface area contributed by atoms with Crippen molar-refractivity contribution in [1.29, 1.82) is 0 Å². The maximum absolute atomic E-state index is 5.67. The molecule has 1 atom stereocenters. The summed E-state index contributed by atoms with van der Waals surface area (Å²) in [7, 11) is 0. The predicted octanol–water partition coefficient (Wildman–Crippen LogP) is 0.958. The maximum atomic E-state index is 5.67. The second kappa shape index (κ2) is 5.79. The number of ether oxygens (including phenoxy) is 1. The van der Waals surface area contributed by atoms with E-state index in [2.05, 4.69) is 15.1 Å². The quantitative estimate of drug-likeness (QED) is 0.898. The second-order valence-corrected chi connectivity index (χ2v) is 5.39. The normalized spacial score (nSPS) is 20.8. The first-order chi connectivity index (χ1) is 9.35. The Balaban J connectivity index is 1.64. The largest absolute Gasteiger partial charge is 0.419 e. The van der Waals surface area contributed by atoms with Crippen LogP contribution in [0.2, 0.25) is 0 Å². The van der Waals surface area contributed by atoms with Gasteiger partial charge < -0.3 is 14.9 Å². The van der Waals surface area contributed by atoms with Gasteiger partial charge in [0, 0.05) is 19.6 Å². The molecule has 0 aliphatic carbocycles. The highest BCUT2D eigenvalue weighted by atomic mass is 32.1. The zero-order valence-electron chi connectivity index (χ0n) is 10.5. The lowest BCUT2D eigenvalue weighted by Gasteiger charge is -2.31. The minimum absolute atomic E-state index is 0.105. The highest BCUT2D eigenvalue weighted by Gasteiger charge is 2.21. The Kier molecular flexibility index (Phi) is 3.88. The average molecular weight is 280 g/mol. The van der Waals surface area contributed by atoms with Crippen molar-refractivity contribution in [2.24, 2.45) is 5.73 Å². The zero-order chi connectivity index (χ0) is 13.1. The lowest BCUT2D eigenvalue weighted by molar-refractivity contribution is -0.0283. The van der Waals surface area contributed by atoms with Crippen molar-refractivity contribution in [3.63, 3.8) is 0 Å². The van der Waals surface area contributed by atoms with E-state index in [0.717, 1.165) is 18.0 Å². The Hall–Kier alpha value is -1.28. The van der Waals surface area contributed by atoms with Gasteiger partial charge in [0.1, 0.15) is 0 Å². The molecule has 0 amide bonds. The average Bonchev–Trinajstić information content (AvgIpc) is 3.09. The van der Waals surface area contributed by atoms with Crippen LogP contribution in [-0.2, 0) is 11.3 Å². The van der Waals surface area contributed by atoms with Crippen molar-refractivity contribution in [2.75, 3.05) is 26.2 Å². The predicted molar refractivity (Wildman–Crippen MR) is 71.7 cm³/mol. The Morgan fingerprint density at radius 1 is 1.47 bits per heavy atom. The van der Waals surface area contributed by atoms with Crippen LogP contribution in [0.1, 0.15) is 5.89 Å². The molecule has 0 bridgehead atoms. The van der Waals surface area contributed by atoms with Crippen LogP contribution in [-0.4, -0.2) is 47.4 Å². The van der Waals surface area contributed by atoms with Crippen LogP contribution in [0, 0.1) is 0 Å². The zero-order valence-corrected chi connectivity index (χ0v) is 11.3. The lowest BCUT2D eigenvalue weighted by Crippen LogP contribution is -2.45. The molecule has 102 valence electrons. The first-order valence-corrected chi connectivity index (χ1v) is 7.13. The van der Waals surface area contributed by atoms with E-state index in [1.165, 1.54) is 0 Å². The number of nitrogens with zero attached hydrogens (tertiary/aromatic N) is 3. The first-order valence-electron chi connectivity index (χ1n) is 6.25. The van der Waals surface area contributed by atoms with E-state index >= 15 is 0 Å². The minimum Gasteiger partial charge on any atom is -0.419 e. The number of thiophene rings is 1. The van der Waals surface area contributed by atoms with Crippen LogP contribution in [0.3, 0.4) is 0 Å². The van der Waals surface area contributed by atoms with Gasteiger partial charge in [0.25, 0.3) is 5.89 Å². The SMILES string of the molecule is NCC1CN(Cc2nnc(-c3cccs3)o2)CCO1.